The molecule has 0 fully saturated rings. The third kappa shape index (κ3) is 5.67. The lowest BCUT2D eigenvalue weighted by molar-refractivity contribution is -0.121. The third-order valence-corrected chi connectivity index (χ3v) is 3.54. The second-order valence-corrected chi connectivity index (χ2v) is 5.86. The average molecular weight is 312 g/mol. The van der Waals surface area contributed by atoms with E-state index in [1.165, 1.54) is 5.56 Å². The Kier molecular flexibility index (Phi) is 6.41. The highest BCUT2D eigenvalue weighted by Gasteiger charge is 2.13. The van der Waals surface area contributed by atoms with Crippen molar-refractivity contribution in [2.75, 3.05) is 5.33 Å². The number of hydrogen-bond donors (Lipinski definition) is 1. The van der Waals surface area contributed by atoms with Gasteiger partial charge in [-0.15, -0.1) is 0 Å². The Balaban J connectivity index is 2.50. The van der Waals surface area contributed by atoms with Gasteiger partial charge in [0, 0.05) is 11.4 Å². The molecule has 1 unspecified atom stereocenters. The topological polar surface area (TPSA) is 29.1 Å². The summed E-state index contributed by atoms with van der Waals surface area (Å²) < 4.78 is 0. The van der Waals surface area contributed by atoms with Gasteiger partial charge in [0.05, 0.1) is 6.42 Å². The van der Waals surface area contributed by atoms with Crippen molar-refractivity contribution >= 4 is 21.8 Å². The van der Waals surface area contributed by atoms with Crippen LogP contribution in [0.2, 0.25) is 0 Å². The maximum absolute atomic E-state index is 11.9. The number of carbonyl (C=O) groups excluding carboxylic acids is 1. The summed E-state index contributed by atoms with van der Waals surface area (Å²) in [6.07, 6.45) is 1.47. The molecule has 1 N–H and O–H groups in total. The molecule has 0 aromatic heterocycles. The fourth-order valence-corrected chi connectivity index (χ4v) is 2.44. The Labute approximate surface area is 118 Å². The Morgan fingerprint density at radius 2 is 2.11 bits per heavy atom. The molecule has 1 amide bonds. The SMILES string of the molecule is Cc1cccc(CC(=O)NC(CBr)CC(C)C)c1. The third-order valence-electron chi connectivity index (χ3n) is 2.75. The highest BCUT2D eigenvalue weighted by atomic mass is 79.9. The number of carbonyl (C=O) groups is 1. The van der Waals surface area contributed by atoms with Crippen LogP contribution in [0.3, 0.4) is 0 Å². The van der Waals surface area contributed by atoms with Crippen LogP contribution in [0.1, 0.15) is 31.4 Å². The molecule has 3 heteroatoms. The predicted octanol–water partition coefficient (Wildman–Crippen LogP) is 3.46. The van der Waals surface area contributed by atoms with Crippen molar-refractivity contribution in [1.29, 1.82) is 0 Å². The summed E-state index contributed by atoms with van der Waals surface area (Å²) >= 11 is 3.46. The lowest BCUT2D eigenvalue weighted by atomic mass is 10.0. The molecule has 0 heterocycles. The van der Waals surface area contributed by atoms with Gasteiger partial charge in [0.15, 0.2) is 0 Å². The molecule has 0 radical (unpaired) electrons. The highest BCUT2D eigenvalue weighted by molar-refractivity contribution is 9.09. The number of amides is 1. The van der Waals surface area contributed by atoms with Crippen LogP contribution in [0, 0.1) is 12.8 Å². The van der Waals surface area contributed by atoms with Gasteiger partial charge >= 0.3 is 0 Å². The van der Waals surface area contributed by atoms with Crippen LogP contribution in [0.4, 0.5) is 0 Å². The predicted molar refractivity (Wildman–Crippen MR) is 80.1 cm³/mol. The van der Waals surface area contributed by atoms with E-state index in [1.807, 2.05) is 25.1 Å². The number of aryl methyl sites for hydroxylation is 1. The fourth-order valence-electron chi connectivity index (χ4n) is 2.02. The first-order chi connectivity index (χ1) is 8.51. The molecule has 100 valence electrons. The van der Waals surface area contributed by atoms with Crippen LogP contribution >= 0.6 is 15.9 Å². The maximum Gasteiger partial charge on any atom is 0.224 e. The lowest BCUT2D eigenvalue weighted by Gasteiger charge is -2.18. The molecule has 0 bridgehead atoms. The monoisotopic (exact) mass is 311 g/mol. The van der Waals surface area contributed by atoms with E-state index in [2.05, 4.69) is 41.2 Å². The summed E-state index contributed by atoms with van der Waals surface area (Å²) in [5, 5.41) is 3.89. The van der Waals surface area contributed by atoms with Crippen LogP contribution < -0.4 is 5.32 Å². The Morgan fingerprint density at radius 1 is 1.39 bits per heavy atom. The molecule has 1 rings (SSSR count). The molecule has 1 atom stereocenters. The fraction of sp³-hybridized carbons (Fsp3) is 0.533. The van der Waals surface area contributed by atoms with Gasteiger partial charge in [-0.25, -0.2) is 0 Å². The van der Waals surface area contributed by atoms with Crippen molar-refractivity contribution in [1.82, 2.24) is 5.32 Å². The minimum absolute atomic E-state index is 0.103. The molecule has 2 nitrogen and oxygen atoms in total. The zero-order valence-corrected chi connectivity index (χ0v) is 13.0. The largest absolute Gasteiger partial charge is 0.352 e. The first kappa shape index (κ1) is 15.2. The van der Waals surface area contributed by atoms with Crippen LogP contribution in [-0.2, 0) is 11.2 Å². The van der Waals surface area contributed by atoms with E-state index in [0.717, 1.165) is 17.3 Å². The van der Waals surface area contributed by atoms with Gasteiger partial charge < -0.3 is 5.32 Å². The van der Waals surface area contributed by atoms with Crippen LogP contribution in [0.15, 0.2) is 24.3 Å². The number of rotatable bonds is 6. The van der Waals surface area contributed by atoms with Gasteiger partial charge in [-0.05, 0) is 24.8 Å². The Morgan fingerprint density at radius 3 is 2.67 bits per heavy atom. The van der Waals surface area contributed by atoms with Crippen molar-refractivity contribution < 1.29 is 4.79 Å². The molecule has 0 saturated carbocycles. The minimum Gasteiger partial charge on any atom is -0.352 e. The van der Waals surface area contributed by atoms with E-state index < -0.39 is 0 Å². The van der Waals surface area contributed by atoms with E-state index in [9.17, 15) is 4.79 Å². The molecule has 0 aliphatic carbocycles. The van der Waals surface area contributed by atoms with Crippen LogP contribution in [0.5, 0.6) is 0 Å². The number of nitrogens with one attached hydrogen (secondary N) is 1. The van der Waals surface area contributed by atoms with Crippen molar-refractivity contribution in [2.45, 2.75) is 39.7 Å². The second-order valence-electron chi connectivity index (χ2n) is 5.21. The van der Waals surface area contributed by atoms with Crippen LogP contribution in [-0.4, -0.2) is 17.3 Å². The van der Waals surface area contributed by atoms with Gasteiger partial charge in [0.2, 0.25) is 5.91 Å². The normalized spacial score (nSPS) is 12.5. The van der Waals surface area contributed by atoms with Gasteiger partial charge in [-0.3, -0.25) is 4.79 Å². The van der Waals surface area contributed by atoms with Gasteiger partial charge in [-0.1, -0.05) is 59.6 Å². The average Bonchev–Trinajstić information content (AvgIpc) is 2.27. The number of hydrogen-bond acceptors (Lipinski definition) is 1. The molecule has 0 saturated heterocycles. The summed E-state index contributed by atoms with van der Waals surface area (Å²) in [5.74, 6) is 0.692. The van der Waals surface area contributed by atoms with Crippen LogP contribution in [0.25, 0.3) is 0 Å². The molecule has 0 aliphatic rings. The van der Waals surface area contributed by atoms with E-state index in [1.54, 1.807) is 0 Å². The molecular weight excluding hydrogens is 290 g/mol. The molecule has 1 aromatic carbocycles. The van der Waals surface area contributed by atoms with Gasteiger partial charge in [-0.2, -0.15) is 0 Å². The molecule has 0 spiro atoms. The molecule has 0 aliphatic heterocycles. The molecule has 1 aromatic rings. The summed E-state index contributed by atoms with van der Waals surface area (Å²) in [6.45, 7) is 6.38. The number of benzene rings is 1. The molecular formula is C15H22BrNO. The van der Waals surface area contributed by atoms with Crippen molar-refractivity contribution in [3.63, 3.8) is 0 Å². The summed E-state index contributed by atoms with van der Waals surface area (Å²) in [4.78, 5) is 11.9. The van der Waals surface area contributed by atoms with E-state index in [4.69, 9.17) is 0 Å². The van der Waals surface area contributed by atoms with Gasteiger partial charge in [0.25, 0.3) is 0 Å². The Hall–Kier alpha value is -0.830. The van der Waals surface area contributed by atoms with Crippen molar-refractivity contribution in [2.24, 2.45) is 5.92 Å². The quantitative estimate of drug-likeness (QED) is 0.801. The van der Waals surface area contributed by atoms with E-state index in [0.29, 0.717) is 12.3 Å². The summed E-state index contributed by atoms with van der Waals surface area (Å²) in [7, 11) is 0. The maximum atomic E-state index is 11.9. The summed E-state index contributed by atoms with van der Waals surface area (Å²) in [5.41, 5.74) is 2.27. The first-order valence-electron chi connectivity index (χ1n) is 6.42. The highest BCUT2D eigenvalue weighted by Crippen LogP contribution is 2.08. The Bertz CT molecular complexity index is 390. The van der Waals surface area contributed by atoms with Gasteiger partial charge in [0.1, 0.15) is 0 Å². The number of halogens is 1. The smallest absolute Gasteiger partial charge is 0.224 e. The van der Waals surface area contributed by atoms with Crippen molar-refractivity contribution in [3.8, 4) is 0 Å². The standard InChI is InChI=1S/C15H22BrNO/c1-11(2)7-14(10-16)17-15(18)9-13-6-4-5-12(3)8-13/h4-6,8,11,14H,7,9-10H2,1-3H3,(H,17,18). The minimum atomic E-state index is 0.103. The summed E-state index contributed by atoms with van der Waals surface area (Å²) in [6, 6.07) is 8.32. The lowest BCUT2D eigenvalue weighted by Crippen LogP contribution is -2.37. The van der Waals surface area contributed by atoms with Crippen molar-refractivity contribution in [3.05, 3.63) is 35.4 Å². The zero-order valence-electron chi connectivity index (χ0n) is 11.4. The van der Waals surface area contributed by atoms with E-state index in [-0.39, 0.29) is 11.9 Å². The molecule has 18 heavy (non-hydrogen) atoms. The second kappa shape index (κ2) is 7.57. The first-order valence-corrected chi connectivity index (χ1v) is 7.54. The zero-order chi connectivity index (χ0) is 13.5. The van der Waals surface area contributed by atoms with E-state index >= 15 is 0 Å². The number of alkyl halides is 1.